The quantitative estimate of drug-likeness (QED) is 0.721. The minimum atomic E-state index is 0.255. The molecule has 6 heteroatoms. The molecule has 3 rings (SSSR count). The maximum Gasteiger partial charge on any atom is 0.243 e. The van der Waals surface area contributed by atoms with Crippen LogP contribution in [0.3, 0.4) is 0 Å². The van der Waals surface area contributed by atoms with E-state index in [1.54, 1.807) is 0 Å². The molecule has 3 aromatic rings. The van der Waals surface area contributed by atoms with Gasteiger partial charge in [-0.05, 0) is 47.5 Å². The predicted octanol–water partition coefficient (Wildman–Crippen LogP) is 3.91. The number of nitrogen functional groups attached to an aromatic ring is 1. The molecule has 0 aliphatic rings. The van der Waals surface area contributed by atoms with Crippen LogP contribution < -0.4 is 5.73 Å². The van der Waals surface area contributed by atoms with Gasteiger partial charge in [-0.2, -0.15) is 4.98 Å². The number of para-hydroxylation sites is 1. The third kappa shape index (κ3) is 3.61. The Balaban J connectivity index is 1.77. The molecule has 4 nitrogen and oxygen atoms in total. The lowest BCUT2D eigenvalue weighted by atomic mass is 10.2. The monoisotopic (exact) mass is 330 g/mol. The molecule has 0 fully saturated rings. The van der Waals surface area contributed by atoms with Gasteiger partial charge in [-0.3, -0.25) is 0 Å². The van der Waals surface area contributed by atoms with Gasteiger partial charge in [0.05, 0.1) is 0 Å². The fourth-order valence-corrected chi connectivity index (χ4v) is 3.19. The summed E-state index contributed by atoms with van der Waals surface area (Å²) in [5.74, 6) is 0. The molecule has 0 aliphatic carbocycles. The van der Waals surface area contributed by atoms with Gasteiger partial charge in [-0.15, -0.1) is 5.10 Å². The highest BCUT2D eigenvalue weighted by Crippen LogP contribution is 2.31. The van der Waals surface area contributed by atoms with Crippen molar-refractivity contribution in [3.63, 3.8) is 0 Å². The van der Waals surface area contributed by atoms with Gasteiger partial charge in [0, 0.05) is 17.1 Å². The second kappa shape index (κ2) is 6.85. The number of anilines is 1. The zero-order valence-electron chi connectivity index (χ0n) is 11.8. The average molecular weight is 331 g/mol. The molecule has 0 atom stereocenters. The number of halogens is 1. The van der Waals surface area contributed by atoms with E-state index in [0.29, 0.717) is 0 Å². The first-order valence-electron chi connectivity index (χ1n) is 6.89. The molecular weight excluding hydrogens is 316 g/mol. The van der Waals surface area contributed by atoms with E-state index in [2.05, 4.69) is 22.2 Å². The molecule has 0 radical (unpaired) electrons. The Kier molecular flexibility index (Phi) is 4.65. The maximum absolute atomic E-state index is 5.98. The fourth-order valence-electron chi connectivity index (χ4n) is 2.07. The minimum absolute atomic E-state index is 0.255. The molecule has 2 aromatic carbocycles. The number of rotatable bonds is 5. The molecule has 0 spiro atoms. The summed E-state index contributed by atoms with van der Waals surface area (Å²) in [4.78, 5) is 5.24. The van der Waals surface area contributed by atoms with Gasteiger partial charge in [-0.1, -0.05) is 42.5 Å². The number of aryl methyl sites for hydroxylation is 2. The molecule has 0 bridgehead atoms. The van der Waals surface area contributed by atoms with Crippen LogP contribution in [0.2, 0.25) is 5.28 Å². The molecule has 0 amide bonds. The lowest BCUT2D eigenvalue weighted by Gasteiger charge is -2.07. The minimum Gasteiger partial charge on any atom is -0.398 e. The van der Waals surface area contributed by atoms with Crippen LogP contribution in [0.25, 0.3) is 0 Å². The van der Waals surface area contributed by atoms with E-state index in [1.807, 2.05) is 47.1 Å². The Labute approximate surface area is 138 Å². The fraction of sp³-hybridized carbons (Fsp3) is 0.125. The van der Waals surface area contributed by atoms with Gasteiger partial charge in [0.1, 0.15) is 0 Å². The van der Waals surface area contributed by atoms with Gasteiger partial charge in [0.15, 0.2) is 5.16 Å². The van der Waals surface area contributed by atoms with Gasteiger partial charge in [0.25, 0.3) is 0 Å². The number of nitrogens with zero attached hydrogens (tertiary/aromatic N) is 3. The van der Waals surface area contributed by atoms with E-state index < -0.39 is 0 Å². The third-order valence-electron chi connectivity index (χ3n) is 3.19. The summed E-state index contributed by atoms with van der Waals surface area (Å²) in [5, 5.41) is 5.26. The number of hydrogen-bond acceptors (Lipinski definition) is 4. The van der Waals surface area contributed by atoms with Crippen molar-refractivity contribution in [1.82, 2.24) is 14.8 Å². The largest absolute Gasteiger partial charge is 0.398 e. The third-order valence-corrected chi connectivity index (χ3v) is 4.42. The maximum atomic E-state index is 5.98. The van der Waals surface area contributed by atoms with Crippen molar-refractivity contribution in [1.29, 1.82) is 0 Å². The predicted molar refractivity (Wildman–Crippen MR) is 90.2 cm³/mol. The molecule has 1 heterocycles. The van der Waals surface area contributed by atoms with Crippen molar-refractivity contribution in [2.24, 2.45) is 0 Å². The van der Waals surface area contributed by atoms with Gasteiger partial charge in [0.2, 0.25) is 5.28 Å². The smallest absolute Gasteiger partial charge is 0.243 e. The SMILES string of the molecule is Nc1ccccc1Sc1nc(Cl)nn1CCc1ccccc1. The van der Waals surface area contributed by atoms with Crippen LogP contribution in [0.15, 0.2) is 64.6 Å². The number of benzene rings is 2. The van der Waals surface area contributed by atoms with Crippen LogP contribution in [0, 0.1) is 0 Å². The first-order valence-corrected chi connectivity index (χ1v) is 8.08. The Morgan fingerprint density at radius 2 is 1.77 bits per heavy atom. The molecule has 1 aromatic heterocycles. The van der Waals surface area contributed by atoms with Crippen molar-refractivity contribution in [2.75, 3.05) is 5.73 Å². The Morgan fingerprint density at radius 1 is 1.05 bits per heavy atom. The van der Waals surface area contributed by atoms with Crippen LogP contribution in [0.1, 0.15) is 5.56 Å². The summed E-state index contributed by atoms with van der Waals surface area (Å²) in [6.45, 7) is 0.721. The van der Waals surface area contributed by atoms with Gasteiger partial charge in [-0.25, -0.2) is 4.68 Å². The highest BCUT2D eigenvalue weighted by Gasteiger charge is 2.11. The molecule has 0 aliphatic heterocycles. The lowest BCUT2D eigenvalue weighted by Crippen LogP contribution is -2.05. The van der Waals surface area contributed by atoms with Crippen LogP contribution in [0.5, 0.6) is 0 Å². The summed E-state index contributed by atoms with van der Waals surface area (Å²) in [6.07, 6.45) is 0.873. The topological polar surface area (TPSA) is 56.7 Å². The molecular formula is C16H15ClN4S. The summed E-state index contributed by atoms with van der Waals surface area (Å²) < 4.78 is 1.83. The summed E-state index contributed by atoms with van der Waals surface area (Å²) in [6, 6.07) is 18.0. The van der Waals surface area contributed by atoms with Crippen LogP contribution in [0.4, 0.5) is 5.69 Å². The number of hydrogen-bond donors (Lipinski definition) is 1. The Morgan fingerprint density at radius 3 is 2.55 bits per heavy atom. The van der Waals surface area contributed by atoms with E-state index in [-0.39, 0.29) is 5.28 Å². The normalized spacial score (nSPS) is 10.8. The molecule has 22 heavy (non-hydrogen) atoms. The van der Waals surface area contributed by atoms with Gasteiger partial charge < -0.3 is 5.73 Å². The van der Waals surface area contributed by atoms with Crippen molar-refractivity contribution in [2.45, 2.75) is 23.0 Å². The first-order chi connectivity index (χ1) is 10.7. The van der Waals surface area contributed by atoms with E-state index in [4.69, 9.17) is 17.3 Å². The Bertz CT molecular complexity index is 758. The van der Waals surface area contributed by atoms with Crippen molar-refractivity contribution in [3.05, 3.63) is 65.4 Å². The van der Waals surface area contributed by atoms with Crippen molar-refractivity contribution >= 4 is 29.1 Å². The zero-order chi connectivity index (χ0) is 15.4. The summed E-state index contributed by atoms with van der Waals surface area (Å²) in [5.41, 5.74) is 7.96. The second-order valence-electron chi connectivity index (χ2n) is 4.76. The van der Waals surface area contributed by atoms with Crippen molar-refractivity contribution in [3.8, 4) is 0 Å². The van der Waals surface area contributed by atoms with Crippen LogP contribution >= 0.6 is 23.4 Å². The molecule has 112 valence electrons. The first kappa shape index (κ1) is 14.9. The molecule has 0 saturated heterocycles. The summed E-state index contributed by atoms with van der Waals surface area (Å²) >= 11 is 7.44. The summed E-state index contributed by atoms with van der Waals surface area (Å²) in [7, 11) is 0. The van der Waals surface area contributed by atoms with E-state index in [9.17, 15) is 0 Å². The zero-order valence-corrected chi connectivity index (χ0v) is 13.4. The molecule has 2 N–H and O–H groups in total. The van der Waals surface area contributed by atoms with Gasteiger partial charge >= 0.3 is 0 Å². The van der Waals surface area contributed by atoms with E-state index in [0.717, 1.165) is 28.7 Å². The number of nitrogens with two attached hydrogens (primary N) is 1. The second-order valence-corrected chi connectivity index (χ2v) is 6.11. The van der Waals surface area contributed by atoms with Crippen molar-refractivity contribution < 1.29 is 0 Å². The van der Waals surface area contributed by atoms with E-state index in [1.165, 1.54) is 17.3 Å². The molecule has 0 unspecified atom stereocenters. The van der Waals surface area contributed by atoms with E-state index >= 15 is 0 Å². The van der Waals surface area contributed by atoms with Crippen LogP contribution in [-0.4, -0.2) is 14.8 Å². The highest BCUT2D eigenvalue weighted by atomic mass is 35.5. The lowest BCUT2D eigenvalue weighted by molar-refractivity contribution is 0.560. The standard InChI is InChI=1S/C16H15ClN4S/c17-15-19-16(22-14-9-5-4-8-13(14)18)21(20-15)11-10-12-6-2-1-3-7-12/h1-9H,10-11,18H2. The average Bonchev–Trinajstić information content (AvgIpc) is 2.88. The molecule has 0 saturated carbocycles. The van der Waals surface area contributed by atoms with Crippen LogP contribution in [-0.2, 0) is 13.0 Å². The highest BCUT2D eigenvalue weighted by molar-refractivity contribution is 7.99. The number of aromatic nitrogens is 3. The Hall–Kier alpha value is -1.98.